The summed E-state index contributed by atoms with van der Waals surface area (Å²) >= 11 is 0. The molecule has 0 heterocycles. The Hall–Kier alpha value is -3.82. The van der Waals surface area contributed by atoms with Crippen molar-refractivity contribution in [1.29, 1.82) is 0 Å². The molecule has 0 aliphatic carbocycles. The second-order valence-electron chi connectivity index (χ2n) is 11.3. The number of nitrogens with zero attached hydrogens (tertiary/aromatic N) is 1. The highest BCUT2D eigenvalue weighted by Crippen LogP contribution is 2.23. The molecule has 42 heavy (non-hydrogen) atoms. The zero-order valence-electron chi connectivity index (χ0n) is 24.2. The third-order valence-corrected chi connectivity index (χ3v) is 8.95. The average molecular weight is 587 g/mol. The number of carboxylic acid groups (broad SMARTS) is 1. The number of benzene rings is 4. The van der Waals surface area contributed by atoms with Gasteiger partial charge in [-0.05, 0) is 64.9 Å². The number of rotatable bonds is 13. The average Bonchev–Trinajstić information content (AvgIpc) is 2.95. The van der Waals surface area contributed by atoms with E-state index < -0.39 is 22.1 Å². The molecule has 4 aromatic carbocycles. The van der Waals surface area contributed by atoms with Crippen LogP contribution in [0.15, 0.2) is 97.1 Å². The van der Waals surface area contributed by atoms with Crippen molar-refractivity contribution < 1.29 is 23.4 Å². The molecule has 1 atom stereocenters. The lowest BCUT2D eigenvalue weighted by molar-refractivity contribution is -0.131. The van der Waals surface area contributed by atoms with E-state index in [0.29, 0.717) is 5.56 Å². The quantitative estimate of drug-likeness (QED) is 0.183. The van der Waals surface area contributed by atoms with Crippen molar-refractivity contribution in [3.63, 3.8) is 0 Å². The van der Waals surface area contributed by atoms with Crippen molar-refractivity contribution in [1.82, 2.24) is 9.62 Å². The summed E-state index contributed by atoms with van der Waals surface area (Å²) in [6.07, 6.45) is 2.48. The minimum atomic E-state index is -3.67. The second-order valence-corrected chi connectivity index (χ2v) is 13.4. The smallest absolute Gasteiger partial charge is 0.328 e. The number of carboxylic acids is 1. The molecule has 4 rings (SSSR count). The second kappa shape index (κ2) is 13.4. The largest absolute Gasteiger partial charge is 0.478 e. The molecule has 0 bridgehead atoms. The van der Waals surface area contributed by atoms with Crippen molar-refractivity contribution in [2.45, 2.75) is 37.7 Å². The van der Waals surface area contributed by atoms with Crippen LogP contribution in [-0.4, -0.2) is 60.7 Å². The number of fused-ring (bicyclic) bond motifs is 1. The highest BCUT2D eigenvalue weighted by molar-refractivity contribution is 7.88. The highest BCUT2D eigenvalue weighted by atomic mass is 32.2. The number of hydrogen-bond donors (Lipinski definition) is 3. The fraction of sp³-hybridized carbons (Fsp3) is 0.265. The van der Waals surface area contributed by atoms with Crippen molar-refractivity contribution in [2.24, 2.45) is 0 Å². The first-order valence-electron chi connectivity index (χ1n) is 13.9. The summed E-state index contributed by atoms with van der Waals surface area (Å²) in [5, 5.41) is 25.3. The van der Waals surface area contributed by atoms with Gasteiger partial charge in [0.05, 0.1) is 11.9 Å². The van der Waals surface area contributed by atoms with Gasteiger partial charge in [-0.25, -0.2) is 17.5 Å². The van der Waals surface area contributed by atoms with Crippen LogP contribution >= 0.6 is 0 Å². The van der Waals surface area contributed by atoms with Gasteiger partial charge < -0.3 is 15.5 Å². The molecule has 0 aliphatic rings. The third kappa shape index (κ3) is 8.84. The molecule has 7 nitrogen and oxygen atoms in total. The maximum Gasteiger partial charge on any atom is 0.328 e. The summed E-state index contributed by atoms with van der Waals surface area (Å²) in [5.41, 5.74) is 4.03. The minimum absolute atomic E-state index is 0.0214. The van der Waals surface area contributed by atoms with Gasteiger partial charge in [0.15, 0.2) is 0 Å². The van der Waals surface area contributed by atoms with Crippen LogP contribution in [0, 0.1) is 0 Å². The molecule has 0 spiro atoms. The Morgan fingerprint density at radius 3 is 2.33 bits per heavy atom. The van der Waals surface area contributed by atoms with E-state index in [1.54, 1.807) is 6.07 Å². The van der Waals surface area contributed by atoms with E-state index in [-0.39, 0.29) is 24.4 Å². The Morgan fingerprint density at radius 2 is 1.62 bits per heavy atom. The van der Waals surface area contributed by atoms with Gasteiger partial charge in [0.25, 0.3) is 0 Å². The summed E-state index contributed by atoms with van der Waals surface area (Å²) in [7, 11) is -2.18. The van der Waals surface area contributed by atoms with Crippen LogP contribution < -0.4 is 5.32 Å². The number of hydrogen-bond acceptors (Lipinski definition) is 5. The number of β-amino-alcohol motifs (C(OH)–C–C–N with tert-alkyl or cyclic N) is 1. The van der Waals surface area contributed by atoms with Gasteiger partial charge in [0.1, 0.15) is 0 Å². The molecule has 0 fully saturated rings. The molecule has 0 amide bonds. The van der Waals surface area contributed by atoms with Crippen molar-refractivity contribution >= 4 is 32.8 Å². The Kier molecular flexibility index (Phi) is 9.96. The topological polar surface area (TPSA) is 107 Å². The van der Waals surface area contributed by atoms with E-state index in [0.717, 1.165) is 29.2 Å². The van der Waals surface area contributed by atoms with Crippen LogP contribution in [0.5, 0.6) is 0 Å². The fourth-order valence-electron chi connectivity index (χ4n) is 4.91. The first-order valence-corrected chi connectivity index (χ1v) is 15.5. The van der Waals surface area contributed by atoms with Crippen LogP contribution in [-0.2, 0) is 27.0 Å². The molecule has 0 aliphatic heterocycles. The standard InChI is InChI=1S/C34H38N2O5S/c1-34(2,21-26-13-17-28-8-4-5-9-30(28)19-26)35-22-32(37)23-36(3)42(40,41)24-27-7-6-10-31(20-27)29-15-11-25(12-16-29)14-18-33(38)39/h4-20,32,35,37H,21-24H2,1-3H3,(H,38,39)/b18-14+/t32-/m0/s1. The molecular formula is C34H38N2O5S. The molecular weight excluding hydrogens is 548 g/mol. The summed E-state index contributed by atoms with van der Waals surface area (Å²) in [6.45, 7) is 4.38. The number of nitrogens with one attached hydrogen (secondary N) is 1. The number of aliphatic carboxylic acids is 1. The lowest BCUT2D eigenvalue weighted by atomic mass is 9.93. The lowest BCUT2D eigenvalue weighted by Crippen LogP contribution is -2.47. The molecule has 8 heteroatoms. The zero-order valence-corrected chi connectivity index (χ0v) is 25.0. The van der Waals surface area contributed by atoms with Crippen LogP contribution in [0.2, 0.25) is 0 Å². The van der Waals surface area contributed by atoms with Gasteiger partial charge in [-0.3, -0.25) is 0 Å². The molecule has 0 saturated carbocycles. The van der Waals surface area contributed by atoms with Gasteiger partial charge in [-0.15, -0.1) is 0 Å². The van der Waals surface area contributed by atoms with Crippen LogP contribution in [0.3, 0.4) is 0 Å². The maximum atomic E-state index is 13.1. The monoisotopic (exact) mass is 586 g/mol. The van der Waals surface area contributed by atoms with Crippen LogP contribution in [0.1, 0.15) is 30.5 Å². The van der Waals surface area contributed by atoms with Gasteiger partial charge in [-0.2, -0.15) is 0 Å². The maximum absolute atomic E-state index is 13.1. The minimum Gasteiger partial charge on any atom is -0.478 e. The summed E-state index contributed by atoms with van der Waals surface area (Å²) in [5.74, 6) is -1.20. The fourth-order valence-corrected chi connectivity index (χ4v) is 6.13. The Bertz CT molecular complexity index is 1660. The number of carbonyl (C=O) groups is 1. The van der Waals surface area contributed by atoms with E-state index in [4.69, 9.17) is 5.11 Å². The predicted octanol–water partition coefficient (Wildman–Crippen LogP) is 5.34. The molecule has 0 aromatic heterocycles. The van der Waals surface area contributed by atoms with E-state index in [2.05, 4.69) is 49.5 Å². The Labute approximate surface area is 248 Å². The molecule has 220 valence electrons. The van der Waals surface area contributed by atoms with Crippen molar-refractivity contribution in [3.8, 4) is 11.1 Å². The number of sulfonamides is 1. The summed E-state index contributed by atoms with van der Waals surface area (Å²) < 4.78 is 27.5. The third-order valence-electron chi connectivity index (χ3n) is 7.16. The molecule has 0 radical (unpaired) electrons. The molecule has 4 aromatic rings. The van der Waals surface area contributed by atoms with Gasteiger partial charge in [0.2, 0.25) is 10.0 Å². The normalized spacial score (nSPS) is 13.2. The molecule has 3 N–H and O–H groups in total. The van der Waals surface area contributed by atoms with E-state index in [9.17, 15) is 18.3 Å². The molecule has 0 saturated heterocycles. The zero-order chi connectivity index (χ0) is 30.3. The Balaban J connectivity index is 1.32. The summed E-state index contributed by atoms with van der Waals surface area (Å²) in [4.78, 5) is 10.7. The molecule has 0 unspecified atom stereocenters. The summed E-state index contributed by atoms with van der Waals surface area (Å²) in [6, 6.07) is 29.3. The van der Waals surface area contributed by atoms with E-state index in [1.165, 1.54) is 33.8 Å². The predicted molar refractivity (Wildman–Crippen MR) is 170 cm³/mol. The van der Waals surface area contributed by atoms with E-state index >= 15 is 0 Å². The number of likely N-dealkylation sites (N-methyl/N-ethyl adjacent to an activating group) is 1. The van der Waals surface area contributed by atoms with Gasteiger partial charge >= 0.3 is 5.97 Å². The SMILES string of the molecule is CN(C[C@@H](O)CNC(C)(C)Cc1ccc2ccccc2c1)S(=O)(=O)Cc1cccc(-c2ccc(/C=C/C(=O)O)cc2)c1. The van der Waals surface area contributed by atoms with Crippen molar-refractivity contribution in [2.75, 3.05) is 20.1 Å². The van der Waals surface area contributed by atoms with Crippen LogP contribution in [0.4, 0.5) is 0 Å². The van der Waals surface area contributed by atoms with Crippen LogP contribution in [0.25, 0.3) is 28.0 Å². The van der Waals surface area contributed by atoms with Gasteiger partial charge in [-0.1, -0.05) is 91.0 Å². The highest BCUT2D eigenvalue weighted by Gasteiger charge is 2.24. The van der Waals surface area contributed by atoms with Crippen molar-refractivity contribution in [3.05, 3.63) is 114 Å². The Morgan fingerprint density at radius 1 is 0.905 bits per heavy atom. The lowest BCUT2D eigenvalue weighted by Gasteiger charge is -2.29. The number of aliphatic hydroxyl groups is 1. The van der Waals surface area contributed by atoms with Gasteiger partial charge in [0, 0.05) is 31.8 Å². The first kappa shape index (κ1) is 31.1. The van der Waals surface area contributed by atoms with E-state index in [1.807, 2.05) is 54.6 Å². The number of aliphatic hydroxyl groups excluding tert-OH is 1. The first-order chi connectivity index (χ1) is 19.9.